The van der Waals surface area contributed by atoms with Crippen molar-refractivity contribution < 1.29 is 9.53 Å². The van der Waals surface area contributed by atoms with E-state index >= 15 is 0 Å². The first-order chi connectivity index (χ1) is 9.77. The second kappa shape index (κ2) is 10.7. The smallest absolute Gasteiger partial charge is 0.335 e. The molecule has 1 rings (SSSR count). The molecule has 0 radical (unpaired) electrons. The van der Waals surface area contributed by atoms with Gasteiger partial charge in [-0.2, -0.15) is 0 Å². The van der Waals surface area contributed by atoms with Gasteiger partial charge in [0.25, 0.3) is 0 Å². The number of ether oxygens (including phenoxy) is 1. The molecule has 1 aliphatic rings. The molecule has 1 aliphatic carbocycles. The van der Waals surface area contributed by atoms with Crippen LogP contribution in [0.2, 0.25) is 0 Å². The van der Waals surface area contributed by atoms with E-state index in [9.17, 15) is 4.79 Å². The topological polar surface area (TPSA) is 26.3 Å². The molecule has 0 spiro atoms. The first-order valence-electron chi connectivity index (χ1n) is 8.37. The molecule has 0 aromatic heterocycles. The van der Waals surface area contributed by atoms with Crippen LogP contribution in [0.1, 0.15) is 84.5 Å². The van der Waals surface area contributed by atoms with Crippen LogP contribution < -0.4 is 0 Å². The fourth-order valence-electron chi connectivity index (χ4n) is 2.67. The van der Waals surface area contributed by atoms with Gasteiger partial charge >= 0.3 is 5.97 Å². The number of allylic oxidation sites excluding steroid dienone is 3. The molecule has 0 aromatic carbocycles. The Hall–Kier alpha value is -1.05. The molecular formula is C18H30O2. The largest absolute Gasteiger partial charge is 0.428 e. The highest BCUT2D eigenvalue weighted by molar-refractivity contribution is 5.82. The van der Waals surface area contributed by atoms with Gasteiger partial charge in [-0.1, -0.05) is 52.0 Å². The Balaban J connectivity index is 2.20. The SMILES string of the molecule is CCCCCCCC=CC(=O)OC1=C(CCC)CCC1. The average molecular weight is 278 g/mol. The highest BCUT2D eigenvalue weighted by Crippen LogP contribution is 2.30. The highest BCUT2D eigenvalue weighted by Gasteiger charge is 2.16. The molecule has 0 heterocycles. The molecule has 0 fully saturated rings. The molecule has 2 nitrogen and oxygen atoms in total. The average Bonchev–Trinajstić information content (AvgIpc) is 2.85. The number of rotatable bonds is 10. The van der Waals surface area contributed by atoms with Gasteiger partial charge in [-0.05, 0) is 37.7 Å². The monoisotopic (exact) mass is 278 g/mol. The minimum atomic E-state index is -0.191. The van der Waals surface area contributed by atoms with Gasteiger partial charge in [0.05, 0.1) is 0 Å². The summed E-state index contributed by atoms with van der Waals surface area (Å²) in [5, 5.41) is 0. The molecular weight excluding hydrogens is 248 g/mol. The van der Waals surface area contributed by atoms with Crippen LogP contribution in [0.15, 0.2) is 23.5 Å². The minimum Gasteiger partial charge on any atom is -0.428 e. The zero-order valence-corrected chi connectivity index (χ0v) is 13.2. The van der Waals surface area contributed by atoms with Gasteiger partial charge in [-0.15, -0.1) is 0 Å². The second-order valence-corrected chi connectivity index (χ2v) is 5.66. The van der Waals surface area contributed by atoms with Gasteiger partial charge in [0.1, 0.15) is 5.76 Å². The molecule has 2 heteroatoms. The van der Waals surface area contributed by atoms with Crippen LogP contribution in [0.25, 0.3) is 0 Å². The fourth-order valence-corrected chi connectivity index (χ4v) is 2.67. The molecule has 0 saturated heterocycles. The van der Waals surface area contributed by atoms with E-state index in [1.165, 1.54) is 37.7 Å². The van der Waals surface area contributed by atoms with Crippen molar-refractivity contribution in [3.8, 4) is 0 Å². The Bertz CT molecular complexity index is 339. The van der Waals surface area contributed by atoms with Crippen molar-refractivity contribution >= 4 is 5.97 Å². The van der Waals surface area contributed by atoms with Crippen molar-refractivity contribution in [1.82, 2.24) is 0 Å². The Morgan fingerprint density at radius 1 is 1.10 bits per heavy atom. The van der Waals surface area contributed by atoms with E-state index in [1.54, 1.807) is 6.08 Å². The maximum Gasteiger partial charge on any atom is 0.335 e. The Kier molecular flexibility index (Phi) is 9.10. The quantitative estimate of drug-likeness (QED) is 0.292. The normalized spacial score (nSPS) is 15.3. The predicted octanol–water partition coefficient (Wildman–Crippen LogP) is 5.68. The molecule has 114 valence electrons. The van der Waals surface area contributed by atoms with E-state index < -0.39 is 0 Å². The summed E-state index contributed by atoms with van der Waals surface area (Å²) in [5.41, 5.74) is 1.36. The summed E-state index contributed by atoms with van der Waals surface area (Å²) in [4.78, 5) is 11.7. The number of unbranched alkanes of at least 4 members (excludes halogenated alkanes) is 5. The minimum absolute atomic E-state index is 0.191. The molecule has 0 bridgehead atoms. The summed E-state index contributed by atoms with van der Waals surface area (Å²) in [7, 11) is 0. The first kappa shape index (κ1) is 17.0. The third kappa shape index (κ3) is 6.93. The van der Waals surface area contributed by atoms with E-state index in [1.807, 2.05) is 6.08 Å². The summed E-state index contributed by atoms with van der Waals surface area (Å²) < 4.78 is 5.48. The lowest BCUT2D eigenvalue weighted by Crippen LogP contribution is -2.00. The lowest BCUT2D eigenvalue weighted by molar-refractivity contribution is -0.134. The van der Waals surface area contributed by atoms with Crippen LogP contribution in [0.5, 0.6) is 0 Å². The molecule has 0 unspecified atom stereocenters. The third-order valence-electron chi connectivity index (χ3n) is 3.78. The van der Waals surface area contributed by atoms with E-state index in [0.29, 0.717) is 0 Å². The van der Waals surface area contributed by atoms with Crippen molar-refractivity contribution in [2.75, 3.05) is 0 Å². The van der Waals surface area contributed by atoms with E-state index in [2.05, 4.69) is 13.8 Å². The zero-order valence-electron chi connectivity index (χ0n) is 13.2. The van der Waals surface area contributed by atoms with Gasteiger partial charge < -0.3 is 4.74 Å². The number of hydrogen-bond acceptors (Lipinski definition) is 2. The summed E-state index contributed by atoms with van der Waals surface area (Å²) in [5.74, 6) is 0.758. The van der Waals surface area contributed by atoms with Gasteiger partial charge in [0.2, 0.25) is 0 Å². The van der Waals surface area contributed by atoms with Crippen LogP contribution in [-0.2, 0) is 9.53 Å². The van der Waals surface area contributed by atoms with Crippen molar-refractivity contribution in [2.24, 2.45) is 0 Å². The van der Waals surface area contributed by atoms with Crippen LogP contribution >= 0.6 is 0 Å². The fraction of sp³-hybridized carbons (Fsp3) is 0.722. The molecule has 0 atom stereocenters. The van der Waals surface area contributed by atoms with E-state index in [-0.39, 0.29) is 5.97 Å². The standard InChI is InChI=1S/C18H30O2/c1-3-5-6-7-8-9-10-15-18(19)20-17-14-11-13-16(17)12-4-2/h10,15H,3-9,11-14H2,1-2H3. The second-order valence-electron chi connectivity index (χ2n) is 5.66. The number of carbonyl (C=O) groups excluding carboxylic acids is 1. The Morgan fingerprint density at radius 2 is 1.90 bits per heavy atom. The molecule has 0 amide bonds. The van der Waals surface area contributed by atoms with Crippen molar-refractivity contribution in [3.63, 3.8) is 0 Å². The van der Waals surface area contributed by atoms with E-state index in [0.717, 1.165) is 44.3 Å². The van der Waals surface area contributed by atoms with Gasteiger partial charge in [0.15, 0.2) is 0 Å². The van der Waals surface area contributed by atoms with Crippen molar-refractivity contribution in [2.45, 2.75) is 84.5 Å². The molecule has 0 N–H and O–H groups in total. The van der Waals surface area contributed by atoms with Crippen LogP contribution in [0, 0.1) is 0 Å². The maximum absolute atomic E-state index is 11.7. The molecule has 20 heavy (non-hydrogen) atoms. The third-order valence-corrected chi connectivity index (χ3v) is 3.78. The molecule has 0 aromatic rings. The lowest BCUT2D eigenvalue weighted by Gasteiger charge is -2.05. The summed E-state index contributed by atoms with van der Waals surface area (Å²) in [6.07, 6.45) is 16.3. The summed E-state index contributed by atoms with van der Waals surface area (Å²) >= 11 is 0. The van der Waals surface area contributed by atoms with Crippen molar-refractivity contribution in [1.29, 1.82) is 0 Å². The number of carbonyl (C=O) groups is 1. The van der Waals surface area contributed by atoms with Gasteiger partial charge in [-0.3, -0.25) is 0 Å². The lowest BCUT2D eigenvalue weighted by atomic mass is 10.1. The van der Waals surface area contributed by atoms with Gasteiger partial charge in [-0.25, -0.2) is 4.79 Å². The highest BCUT2D eigenvalue weighted by atomic mass is 16.5. The predicted molar refractivity (Wildman–Crippen MR) is 84.4 cm³/mol. The Labute approximate surface area is 124 Å². The van der Waals surface area contributed by atoms with E-state index in [4.69, 9.17) is 4.74 Å². The summed E-state index contributed by atoms with van der Waals surface area (Å²) in [6, 6.07) is 0. The van der Waals surface area contributed by atoms with Gasteiger partial charge in [0, 0.05) is 12.5 Å². The molecule has 0 saturated carbocycles. The van der Waals surface area contributed by atoms with Crippen LogP contribution in [0.3, 0.4) is 0 Å². The Morgan fingerprint density at radius 3 is 2.65 bits per heavy atom. The molecule has 0 aliphatic heterocycles. The summed E-state index contributed by atoms with van der Waals surface area (Å²) in [6.45, 7) is 4.39. The maximum atomic E-state index is 11.7. The first-order valence-corrected chi connectivity index (χ1v) is 8.37. The zero-order chi connectivity index (χ0) is 14.6. The van der Waals surface area contributed by atoms with Crippen LogP contribution in [-0.4, -0.2) is 5.97 Å². The van der Waals surface area contributed by atoms with Crippen molar-refractivity contribution in [3.05, 3.63) is 23.5 Å². The number of hydrogen-bond donors (Lipinski definition) is 0. The number of esters is 1. The van der Waals surface area contributed by atoms with Crippen LogP contribution in [0.4, 0.5) is 0 Å².